The highest BCUT2D eigenvalue weighted by Crippen LogP contribution is 2.33. The molecule has 2 N–H and O–H groups in total. The van der Waals surface area contributed by atoms with Crippen LogP contribution >= 0.6 is 0 Å². The lowest BCUT2D eigenvalue weighted by molar-refractivity contribution is -0.137. The first-order chi connectivity index (χ1) is 16.9. The molecule has 5 aromatic rings. The van der Waals surface area contributed by atoms with Gasteiger partial charge in [0.15, 0.2) is 11.5 Å². The number of nitrogens with one attached hydrogen (secondary N) is 2. The molecule has 0 aliphatic carbocycles. The Balaban J connectivity index is 1.32. The van der Waals surface area contributed by atoms with E-state index in [9.17, 15) is 13.2 Å². The molecular formula is C25H15F3N6O. The fourth-order valence-corrected chi connectivity index (χ4v) is 3.43. The highest BCUT2D eigenvalue weighted by atomic mass is 19.4. The molecule has 0 atom stereocenters. The molecule has 2 aromatic heterocycles. The zero-order valence-corrected chi connectivity index (χ0v) is 17.8. The first-order valence-corrected chi connectivity index (χ1v) is 10.3. The number of rotatable bonds is 5. The number of alkyl halides is 3. The van der Waals surface area contributed by atoms with Gasteiger partial charge in [0.1, 0.15) is 11.5 Å². The smallest absolute Gasteiger partial charge is 0.416 e. The minimum Gasteiger partial charge on any atom is -0.457 e. The average Bonchev–Trinajstić information content (AvgIpc) is 3.32. The molecule has 0 radical (unpaired) electrons. The van der Waals surface area contributed by atoms with Crippen LogP contribution in [0.15, 0.2) is 79.0 Å². The van der Waals surface area contributed by atoms with Gasteiger partial charge < -0.3 is 10.1 Å². The quantitative estimate of drug-likeness (QED) is 0.266. The summed E-state index contributed by atoms with van der Waals surface area (Å²) < 4.78 is 44.8. The first kappa shape index (κ1) is 21.9. The number of H-pyrrole nitrogens is 1. The summed E-state index contributed by atoms with van der Waals surface area (Å²) >= 11 is 0. The van der Waals surface area contributed by atoms with Gasteiger partial charge in [-0.05, 0) is 54.6 Å². The number of benzene rings is 3. The summed E-state index contributed by atoms with van der Waals surface area (Å²) in [5.41, 5.74) is 1.34. The molecule has 2 heterocycles. The molecule has 10 heteroatoms. The molecule has 0 unspecified atom stereocenters. The molecule has 0 bridgehead atoms. The van der Waals surface area contributed by atoms with Crippen molar-refractivity contribution in [1.82, 2.24) is 20.2 Å². The van der Waals surface area contributed by atoms with Crippen LogP contribution in [0.25, 0.3) is 27.1 Å². The second kappa shape index (κ2) is 8.79. The van der Waals surface area contributed by atoms with Gasteiger partial charge >= 0.3 is 6.18 Å². The van der Waals surface area contributed by atoms with Crippen LogP contribution < -0.4 is 10.1 Å². The third-order valence-corrected chi connectivity index (χ3v) is 5.10. The van der Waals surface area contributed by atoms with Gasteiger partial charge in [-0.25, -0.2) is 4.85 Å². The van der Waals surface area contributed by atoms with E-state index in [-0.39, 0.29) is 11.6 Å². The molecule has 0 saturated carbocycles. The van der Waals surface area contributed by atoms with Crippen molar-refractivity contribution < 1.29 is 17.9 Å². The van der Waals surface area contributed by atoms with Crippen molar-refractivity contribution in [2.24, 2.45) is 0 Å². The molecule has 0 amide bonds. The van der Waals surface area contributed by atoms with E-state index in [4.69, 9.17) is 11.3 Å². The van der Waals surface area contributed by atoms with Crippen molar-refractivity contribution in [3.63, 3.8) is 0 Å². The van der Waals surface area contributed by atoms with Crippen molar-refractivity contribution in [2.45, 2.75) is 6.18 Å². The zero-order valence-electron chi connectivity index (χ0n) is 17.8. The second-order valence-electron chi connectivity index (χ2n) is 7.46. The van der Waals surface area contributed by atoms with E-state index < -0.39 is 11.7 Å². The van der Waals surface area contributed by atoms with Crippen molar-refractivity contribution >= 4 is 28.2 Å². The summed E-state index contributed by atoms with van der Waals surface area (Å²) in [6.07, 6.45) is -2.82. The number of anilines is 2. The van der Waals surface area contributed by atoms with Gasteiger partial charge in [0.05, 0.1) is 17.7 Å². The van der Waals surface area contributed by atoms with E-state index >= 15 is 0 Å². The van der Waals surface area contributed by atoms with Gasteiger partial charge in [0.25, 0.3) is 0 Å². The van der Waals surface area contributed by atoms with E-state index in [1.165, 1.54) is 12.1 Å². The number of nitrogens with zero attached hydrogens (tertiary/aromatic N) is 4. The predicted molar refractivity (Wildman–Crippen MR) is 125 cm³/mol. The van der Waals surface area contributed by atoms with Crippen molar-refractivity contribution in [1.29, 1.82) is 0 Å². The summed E-state index contributed by atoms with van der Waals surface area (Å²) in [6, 6.07) is 18.8. The fourth-order valence-electron chi connectivity index (χ4n) is 3.43. The van der Waals surface area contributed by atoms with E-state index in [2.05, 4.69) is 30.3 Å². The zero-order chi connectivity index (χ0) is 24.4. The number of halogens is 3. The van der Waals surface area contributed by atoms with Crippen molar-refractivity contribution in [3.8, 4) is 22.9 Å². The SMILES string of the molecule is [C-]#[N+]c1ccc2c(Oc3ccc(-c4nc(Nc5cccc(C(F)(F)F)c5)n[nH]4)cc3)ccnc2c1. The number of fused-ring (bicyclic) bond motifs is 1. The van der Waals surface area contributed by atoms with Gasteiger partial charge in [-0.3, -0.25) is 10.1 Å². The Bertz CT molecular complexity index is 1550. The van der Waals surface area contributed by atoms with Crippen molar-refractivity contribution in [2.75, 3.05) is 5.32 Å². The van der Waals surface area contributed by atoms with Crippen LogP contribution in [0.3, 0.4) is 0 Å². The maximum Gasteiger partial charge on any atom is 0.416 e. The second-order valence-corrected chi connectivity index (χ2v) is 7.46. The third kappa shape index (κ3) is 4.74. The number of aromatic nitrogens is 4. The summed E-state index contributed by atoms with van der Waals surface area (Å²) in [6.45, 7) is 7.14. The number of hydrogen-bond donors (Lipinski definition) is 2. The Kier molecular flexibility index (Phi) is 5.51. The Hall–Kier alpha value is -4.91. The van der Waals surface area contributed by atoms with Crippen LogP contribution in [0.4, 0.5) is 30.5 Å². The van der Waals surface area contributed by atoms with Crippen LogP contribution in [0.2, 0.25) is 0 Å². The molecule has 0 spiro atoms. The summed E-state index contributed by atoms with van der Waals surface area (Å²) in [4.78, 5) is 12.0. The fraction of sp³-hybridized carbons (Fsp3) is 0.0400. The van der Waals surface area contributed by atoms with Crippen LogP contribution in [0, 0.1) is 6.57 Å². The van der Waals surface area contributed by atoms with Crippen LogP contribution in [-0.2, 0) is 6.18 Å². The molecular weight excluding hydrogens is 457 g/mol. The van der Waals surface area contributed by atoms with Crippen LogP contribution in [0.5, 0.6) is 11.5 Å². The molecule has 3 aromatic carbocycles. The molecule has 5 rings (SSSR count). The monoisotopic (exact) mass is 472 g/mol. The largest absolute Gasteiger partial charge is 0.457 e. The molecule has 0 aliphatic rings. The third-order valence-electron chi connectivity index (χ3n) is 5.10. The molecule has 0 aliphatic heterocycles. The Labute approximate surface area is 197 Å². The predicted octanol–water partition coefficient (Wildman–Crippen LogP) is 7.13. The Morgan fingerprint density at radius 2 is 1.80 bits per heavy atom. The molecule has 35 heavy (non-hydrogen) atoms. The molecule has 0 fully saturated rings. The Morgan fingerprint density at radius 3 is 2.57 bits per heavy atom. The maximum atomic E-state index is 12.9. The van der Waals surface area contributed by atoms with E-state index in [1.807, 2.05) is 0 Å². The van der Waals surface area contributed by atoms with E-state index in [0.29, 0.717) is 34.1 Å². The number of ether oxygens (including phenoxy) is 1. The summed E-state index contributed by atoms with van der Waals surface area (Å²) in [5.74, 6) is 1.76. The number of hydrogen-bond acceptors (Lipinski definition) is 5. The molecule has 0 saturated heterocycles. The van der Waals surface area contributed by atoms with Gasteiger partial charge in [-0.15, -0.1) is 5.10 Å². The standard InChI is InChI=1S/C25H15F3N6O/c1-29-17-7-10-20-21(14-17)30-12-11-22(20)35-19-8-5-15(6-9-19)23-32-24(34-33-23)31-18-4-2-3-16(13-18)25(26,27)28/h2-14H,(H2,31,32,33,34). The first-order valence-electron chi connectivity index (χ1n) is 10.3. The topological polar surface area (TPSA) is 80.1 Å². The summed E-state index contributed by atoms with van der Waals surface area (Å²) in [7, 11) is 0. The normalized spacial score (nSPS) is 11.3. The van der Waals surface area contributed by atoms with Gasteiger partial charge in [-0.2, -0.15) is 18.2 Å². The van der Waals surface area contributed by atoms with Gasteiger partial charge in [-0.1, -0.05) is 18.2 Å². The Morgan fingerprint density at radius 1 is 0.971 bits per heavy atom. The number of pyridine rings is 1. The van der Waals surface area contributed by atoms with Gasteiger partial charge in [0, 0.05) is 22.8 Å². The highest BCUT2D eigenvalue weighted by Gasteiger charge is 2.30. The molecule has 172 valence electrons. The minimum atomic E-state index is -4.44. The lowest BCUT2D eigenvalue weighted by atomic mass is 10.2. The van der Waals surface area contributed by atoms with E-state index in [1.54, 1.807) is 54.7 Å². The maximum absolute atomic E-state index is 12.9. The van der Waals surface area contributed by atoms with Gasteiger partial charge in [0.2, 0.25) is 5.95 Å². The van der Waals surface area contributed by atoms with Crippen LogP contribution in [0.1, 0.15) is 5.56 Å². The minimum absolute atomic E-state index is 0.140. The average molecular weight is 472 g/mol. The lowest BCUT2D eigenvalue weighted by Gasteiger charge is -2.09. The molecule has 7 nitrogen and oxygen atoms in total. The highest BCUT2D eigenvalue weighted by molar-refractivity contribution is 5.88. The van der Waals surface area contributed by atoms with E-state index in [0.717, 1.165) is 17.5 Å². The summed E-state index contributed by atoms with van der Waals surface area (Å²) in [5, 5.41) is 10.4. The van der Waals surface area contributed by atoms with Crippen molar-refractivity contribution in [3.05, 3.63) is 96.0 Å². The lowest BCUT2D eigenvalue weighted by Crippen LogP contribution is -2.05. The van der Waals surface area contributed by atoms with Crippen LogP contribution in [-0.4, -0.2) is 20.2 Å². The number of aromatic amines is 1.